The standard InChI is InChI=1S/C22H27FN2O2S/c1-4-20(22(27)24-3)25(13-17-10-6-5-9-16(17)2)21(26)15-28-14-18-11-7-8-12-19(18)23/h5-12,20H,4,13-15H2,1-3H3,(H,24,27)/t20-/m1/s1. The maximum atomic E-state index is 13.8. The summed E-state index contributed by atoms with van der Waals surface area (Å²) in [6.45, 7) is 4.26. The van der Waals surface area contributed by atoms with Gasteiger partial charge in [0.1, 0.15) is 11.9 Å². The Hall–Kier alpha value is -2.34. The molecule has 0 saturated carbocycles. The number of aryl methyl sites for hydroxylation is 1. The topological polar surface area (TPSA) is 49.4 Å². The Morgan fingerprint density at radius 2 is 1.75 bits per heavy atom. The summed E-state index contributed by atoms with van der Waals surface area (Å²) in [5.74, 6) is 0.0285. The molecule has 0 spiro atoms. The van der Waals surface area contributed by atoms with Crippen molar-refractivity contribution in [3.8, 4) is 0 Å². The summed E-state index contributed by atoms with van der Waals surface area (Å²) < 4.78 is 13.8. The highest BCUT2D eigenvalue weighted by atomic mass is 32.2. The van der Waals surface area contributed by atoms with E-state index in [1.54, 1.807) is 30.1 Å². The van der Waals surface area contributed by atoms with Gasteiger partial charge in [0.2, 0.25) is 11.8 Å². The van der Waals surface area contributed by atoms with Gasteiger partial charge < -0.3 is 10.2 Å². The van der Waals surface area contributed by atoms with Gasteiger partial charge >= 0.3 is 0 Å². The van der Waals surface area contributed by atoms with E-state index >= 15 is 0 Å². The molecule has 0 aromatic heterocycles. The molecule has 1 N–H and O–H groups in total. The van der Waals surface area contributed by atoms with Gasteiger partial charge in [0.25, 0.3) is 0 Å². The second kappa shape index (κ2) is 10.9. The predicted molar refractivity (Wildman–Crippen MR) is 112 cm³/mol. The fraction of sp³-hybridized carbons (Fsp3) is 0.364. The van der Waals surface area contributed by atoms with Crippen LogP contribution in [0.15, 0.2) is 48.5 Å². The van der Waals surface area contributed by atoms with Crippen LogP contribution in [-0.4, -0.2) is 35.6 Å². The van der Waals surface area contributed by atoms with Crippen molar-refractivity contribution in [1.29, 1.82) is 0 Å². The first kappa shape index (κ1) is 22.0. The number of carbonyl (C=O) groups is 2. The van der Waals surface area contributed by atoms with Crippen LogP contribution in [0.2, 0.25) is 0 Å². The quantitative estimate of drug-likeness (QED) is 0.692. The highest BCUT2D eigenvalue weighted by molar-refractivity contribution is 7.99. The Balaban J connectivity index is 2.12. The van der Waals surface area contributed by atoms with Crippen molar-refractivity contribution in [2.75, 3.05) is 12.8 Å². The Labute approximate surface area is 170 Å². The smallest absolute Gasteiger partial charge is 0.242 e. The van der Waals surface area contributed by atoms with E-state index < -0.39 is 6.04 Å². The monoisotopic (exact) mass is 402 g/mol. The van der Waals surface area contributed by atoms with E-state index in [2.05, 4.69) is 5.32 Å². The van der Waals surface area contributed by atoms with Crippen molar-refractivity contribution < 1.29 is 14.0 Å². The predicted octanol–water partition coefficient (Wildman–Crippen LogP) is 3.92. The number of hydrogen-bond acceptors (Lipinski definition) is 3. The molecule has 28 heavy (non-hydrogen) atoms. The first-order chi connectivity index (χ1) is 13.5. The molecule has 1 atom stereocenters. The van der Waals surface area contributed by atoms with Crippen LogP contribution in [0.5, 0.6) is 0 Å². The number of hydrogen-bond donors (Lipinski definition) is 1. The van der Waals surface area contributed by atoms with Crippen LogP contribution in [0.25, 0.3) is 0 Å². The zero-order valence-electron chi connectivity index (χ0n) is 16.6. The summed E-state index contributed by atoms with van der Waals surface area (Å²) in [5.41, 5.74) is 2.66. The fourth-order valence-corrected chi connectivity index (χ4v) is 3.90. The lowest BCUT2D eigenvalue weighted by molar-refractivity contribution is -0.139. The number of amides is 2. The molecule has 0 aliphatic heterocycles. The number of thioether (sulfide) groups is 1. The highest BCUT2D eigenvalue weighted by Gasteiger charge is 2.28. The molecule has 0 unspecified atom stereocenters. The van der Waals surface area contributed by atoms with Crippen molar-refractivity contribution in [1.82, 2.24) is 10.2 Å². The van der Waals surface area contributed by atoms with Crippen molar-refractivity contribution >= 4 is 23.6 Å². The molecule has 0 aliphatic carbocycles. The number of halogens is 1. The van der Waals surface area contributed by atoms with E-state index in [0.717, 1.165) is 11.1 Å². The maximum absolute atomic E-state index is 13.8. The molecule has 2 aromatic carbocycles. The Morgan fingerprint density at radius 1 is 1.11 bits per heavy atom. The van der Waals surface area contributed by atoms with Gasteiger partial charge in [0.05, 0.1) is 5.75 Å². The van der Waals surface area contributed by atoms with E-state index in [9.17, 15) is 14.0 Å². The third kappa shape index (κ3) is 5.83. The largest absolute Gasteiger partial charge is 0.357 e. The average molecular weight is 403 g/mol. The maximum Gasteiger partial charge on any atom is 0.242 e. The molecule has 2 rings (SSSR count). The van der Waals surface area contributed by atoms with Crippen LogP contribution in [0, 0.1) is 12.7 Å². The number of nitrogens with zero attached hydrogens (tertiary/aromatic N) is 1. The minimum atomic E-state index is -0.536. The first-order valence-corrected chi connectivity index (χ1v) is 10.5. The summed E-state index contributed by atoms with van der Waals surface area (Å²) in [6.07, 6.45) is 0.523. The van der Waals surface area contributed by atoms with E-state index in [1.165, 1.54) is 17.8 Å². The molecular formula is C22H27FN2O2S. The third-order valence-electron chi connectivity index (χ3n) is 4.68. The minimum Gasteiger partial charge on any atom is -0.357 e. The molecule has 2 aromatic rings. The van der Waals surface area contributed by atoms with Crippen LogP contribution in [-0.2, 0) is 21.9 Å². The van der Waals surface area contributed by atoms with Gasteiger partial charge in [-0.1, -0.05) is 49.4 Å². The summed E-state index contributed by atoms with van der Waals surface area (Å²) >= 11 is 1.36. The van der Waals surface area contributed by atoms with E-state index in [-0.39, 0.29) is 23.4 Å². The summed E-state index contributed by atoms with van der Waals surface area (Å²) in [5, 5.41) is 2.65. The van der Waals surface area contributed by atoms with Crippen LogP contribution in [0.4, 0.5) is 4.39 Å². The molecule has 4 nitrogen and oxygen atoms in total. The van der Waals surface area contributed by atoms with Gasteiger partial charge in [-0.25, -0.2) is 4.39 Å². The lowest BCUT2D eigenvalue weighted by Gasteiger charge is -2.30. The molecule has 0 bridgehead atoms. The lowest BCUT2D eigenvalue weighted by Crippen LogP contribution is -2.48. The SMILES string of the molecule is CC[C@H](C(=O)NC)N(Cc1ccccc1C)C(=O)CSCc1ccccc1F. The van der Waals surface area contributed by atoms with Gasteiger partial charge in [0.15, 0.2) is 0 Å². The van der Waals surface area contributed by atoms with E-state index in [4.69, 9.17) is 0 Å². The van der Waals surface area contributed by atoms with Crippen LogP contribution >= 0.6 is 11.8 Å². The van der Waals surface area contributed by atoms with Crippen LogP contribution < -0.4 is 5.32 Å². The molecule has 0 fully saturated rings. The second-order valence-electron chi connectivity index (χ2n) is 6.57. The highest BCUT2D eigenvalue weighted by Crippen LogP contribution is 2.19. The van der Waals surface area contributed by atoms with Crippen molar-refractivity contribution in [2.24, 2.45) is 0 Å². The number of benzene rings is 2. The van der Waals surface area contributed by atoms with Gasteiger partial charge in [-0.2, -0.15) is 0 Å². The zero-order valence-corrected chi connectivity index (χ0v) is 17.4. The van der Waals surface area contributed by atoms with Gasteiger partial charge in [-0.15, -0.1) is 11.8 Å². The molecule has 0 heterocycles. The van der Waals surface area contributed by atoms with Gasteiger partial charge in [0, 0.05) is 19.3 Å². The molecule has 0 saturated heterocycles. The normalized spacial score (nSPS) is 11.7. The molecule has 0 aliphatic rings. The fourth-order valence-electron chi connectivity index (χ4n) is 3.00. The first-order valence-electron chi connectivity index (χ1n) is 9.34. The van der Waals surface area contributed by atoms with Crippen molar-refractivity contribution in [3.63, 3.8) is 0 Å². The molecule has 150 valence electrons. The summed E-state index contributed by atoms with van der Waals surface area (Å²) in [6, 6.07) is 13.9. The summed E-state index contributed by atoms with van der Waals surface area (Å²) in [7, 11) is 1.58. The number of nitrogens with one attached hydrogen (secondary N) is 1. The minimum absolute atomic E-state index is 0.125. The van der Waals surface area contributed by atoms with Crippen molar-refractivity contribution in [3.05, 3.63) is 71.0 Å². The number of likely N-dealkylation sites (N-methyl/N-ethyl adjacent to an activating group) is 1. The van der Waals surface area contributed by atoms with Crippen LogP contribution in [0.3, 0.4) is 0 Å². The lowest BCUT2D eigenvalue weighted by atomic mass is 10.1. The van der Waals surface area contributed by atoms with Crippen LogP contribution in [0.1, 0.15) is 30.0 Å². The average Bonchev–Trinajstić information content (AvgIpc) is 2.70. The number of rotatable bonds is 9. The molecular weight excluding hydrogens is 375 g/mol. The zero-order chi connectivity index (χ0) is 20.5. The Bertz CT molecular complexity index is 813. The Kier molecular flexibility index (Phi) is 8.51. The van der Waals surface area contributed by atoms with Crippen molar-refractivity contribution in [2.45, 2.75) is 38.6 Å². The van der Waals surface area contributed by atoms with Gasteiger partial charge in [-0.05, 0) is 36.1 Å². The Morgan fingerprint density at radius 3 is 2.36 bits per heavy atom. The molecule has 0 radical (unpaired) electrons. The third-order valence-corrected chi connectivity index (χ3v) is 5.64. The summed E-state index contributed by atoms with van der Waals surface area (Å²) in [4.78, 5) is 27.0. The molecule has 2 amide bonds. The molecule has 6 heteroatoms. The second-order valence-corrected chi connectivity index (χ2v) is 7.56. The van der Waals surface area contributed by atoms with E-state index in [0.29, 0.717) is 24.3 Å². The van der Waals surface area contributed by atoms with Gasteiger partial charge in [-0.3, -0.25) is 9.59 Å². The number of carbonyl (C=O) groups excluding carboxylic acids is 2. The van der Waals surface area contributed by atoms with E-state index in [1.807, 2.05) is 38.1 Å².